The van der Waals surface area contributed by atoms with Crippen LogP contribution in [0.3, 0.4) is 0 Å². The minimum absolute atomic E-state index is 0.750. The molecule has 1 aliphatic rings. The molecule has 1 aliphatic heterocycles. The molecule has 1 unspecified atom stereocenters. The van der Waals surface area contributed by atoms with Crippen molar-refractivity contribution < 1.29 is 0 Å². The van der Waals surface area contributed by atoms with Gasteiger partial charge in [0.2, 0.25) is 0 Å². The molecule has 0 amide bonds. The van der Waals surface area contributed by atoms with Crippen LogP contribution < -0.4 is 10.6 Å². The first-order valence-electron chi connectivity index (χ1n) is 4.83. The third-order valence-corrected chi connectivity index (χ3v) is 3.02. The lowest BCUT2D eigenvalue weighted by molar-refractivity contribution is 0.659. The third-order valence-electron chi connectivity index (χ3n) is 2.59. The van der Waals surface area contributed by atoms with Crippen LogP contribution in [0.15, 0.2) is 16.7 Å². The van der Waals surface area contributed by atoms with Crippen LogP contribution in [0.25, 0.3) is 0 Å². The van der Waals surface area contributed by atoms with E-state index in [1.165, 1.54) is 6.42 Å². The van der Waals surface area contributed by atoms with Crippen LogP contribution in [0.4, 0.5) is 11.5 Å². The number of pyridine rings is 1. The second-order valence-electron chi connectivity index (χ2n) is 3.91. The van der Waals surface area contributed by atoms with Gasteiger partial charge in [-0.25, -0.2) is 4.98 Å². The third kappa shape index (κ3) is 1.85. The molecule has 0 bridgehead atoms. The molecule has 76 valence electrons. The van der Waals surface area contributed by atoms with Gasteiger partial charge in [0.1, 0.15) is 0 Å². The number of nitrogen functional groups attached to an aromatic ring is 1. The summed E-state index contributed by atoms with van der Waals surface area (Å²) in [5.41, 5.74) is 6.67. The Morgan fingerprint density at radius 2 is 2.43 bits per heavy atom. The number of anilines is 2. The van der Waals surface area contributed by atoms with Crippen molar-refractivity contribution in [3.05, 3.63) is 16.7 Å². The van der Waals surface area contributed by atoms with Crippen molar-refractivity contribution in [2.24, 2.45) is 5.92 Å². The summed E-state index contributed by atoms with van der Waals surface area (Å²) in [5, 5.41) is 0. The van der Waals surface area contributed by atoms with Crippen LogP contribution in [0.5, 0.6) is 0 Å². The van der Waals surface area contributed by atoms with Gasteiger partial charge in [0.05, 0.1) is 5.69 Å². The Hall–Kier alpha value is -0.770. The van der Waals surface area contributed by atoms with Crippen molar-refractivity contribution in [2.75, 3.05) is 23.7 Å². The first kappa shape index (κ1) is 9.77. The molecule has 14 heavy (non-hydrogen) atoms. The Bertz CT molecular complexity index is 340. The second-order valence-corrected chi connectivity index (χ2v) is 4.82. The number of hydrogen-bond acceptors (Lipinski definition) is 3. The summed E-state index contributed by atoms with van der Waals surface area (Å²) >= 11 is 3.36. The zero-order chi connectivity index (χ0) is 10.1. The molecule has 2 rings (SSSR count). The zero-order valence-electron chi connectivity index (χ0n) is 8.20. The van der Waals surface area contributed by atoms with E-state index in [1.54, 1.807) is 6.20 Å². The smallest absolute Gasteiger partial charge is 0.151 e. The van der Waals surface area contributed by atoms with Gasteiger partial charge in [-0.3, -0.25) is 0 Å². The minimum Gasteiger partial charge on any atom is -0.396 e. The molecule has 0 spiro atoms. The summed E-state index contributed by atoms with van der Waals surface area (Å²) in [5.74, 6) is 1.68. The van der Waals surface area contributed by atoms with E-state index in [-0.39, 0.29) is 0 Å². The maximum absolute atomic E-state index is 5.91. The van der Waals surface area contributed by atoms with E-state index in [2.05, 4.69) is 32.7 Å². The Balaban J connectivity index is 2.24. The lowest BCUT2D eigenvalue weighted by atomic mass is 10.2. The summed E-state index contributed by atoms with van der Waals surface area (Å²) in [4.78, 5) is 6.60. The number of halogens is 1. The van der Waals surface area contributed by atoms with Crippen LogP contribution in [-0.2, 0) is 0 Å². The van der Waals surface area contributed by atoms with Crippen molar-refractivity contribution in [2.45, 2.75) is 13.3 Å². The zero-order valence-corrected chi connectivity index (χ0v) is 9.79. The minimum atomic E-state index is 0.750. The molecule has 1 fully saturated rings. The highest BCUT2D eigenvalue weighted by Gasteiger charge is 2.21. The molecular weight excluding hydrogens is 242 g/mol. The van der Waals surface area contributed by atoms with Gasteiger partial charge in [0, 0.05) is 23.8 Å². The van der Waals surface area contributed by atoms with Crippen molar-refractivity contribution in [3.63, 3.8) is 0 Å². The molecule has 1 aromatic heterocycles. The van der Waals surface area contributed by atoms with Crippen molar-refractivity contribution in [3.8, 4) is 0 Å². The van der Waals surface area contributed by atoms with Gasteiger partial charge < -0.3 is 10.6 Å². The average molecular weight is 256 g/mol. The highest BCUT2D eigenvalue weighted by molar-refractivity contribution is 9.10. The number of rotatable bonds is 1. The number of nitrogens with two attached hydrogens (primary N) is 1. The first-order chi connectivity index (χ1) is 6.66. The fourth-order valence-corrected chi connectivity index (χ4v) is 2.19. The van der Waals surface area contributed by atoms with E-state index in [0.29, 0.717) is 0 Å². The summed E-state index contributed by atoms with van der Waals surface area (Å²) in [6.45, 7) is 4.40. The maximum Gasteiger partial charge on any atom is 0.151 e. The quantitative estimate of drug-likeness (QED) is 0.838. The lowest BCUT2D eigenvalue weighted by Gasteiger charge is -2.18. The first-order valence-corrected chi connectivity index (χ1v) is 5.62. The standard InChI is InChI=1S/C10H14BrN3/c1-7-2-3-14(6-7)10-9(12)4-8(11)5-13-10/h4-5,7H,2-3,6,12H2,1H3. The molecule has 0 aliphatic carbocycles. The van der Waals surface area contributed by atoms with Crippen molar-refractivity contribution in [1.29, 1.82) is 0 Å². The second kappa shape index (κ2) is 3.77. The van der Waals surface area contributed by atoms with Gasteiger partial charge in [0.15, 0.2) is 5.82 Å². The van der Waals surface area contributed by atoms with Crippen LogP contribution in [-0.4, -0.2) is 18.1 Å². The number of nitrogens with zero attached hydrogens (tertiary/aromatic N) is 2. The maximum atomic E-state index is 5.91. The Morgan fingerprint density at radius 3 is 3.00 bits per heavy atom. The van der Waals surface area contributed by atoms with Gasteiger partial charge in [-0.1, -0.05) is 6.92 Å². The summed E-state index contributed by atoms with van der Waals surface area (Å²) in [6, 6.07) is 1.91. The number of aromatic nitrogens is 1. The molecule has 0 saturated carbocycles. The summed E-state index contributed by atoms with van der Waals surface area (Å²) in [6.07, 6.45) is 3.03. The normalized spacial score (nSPS) is 21.6. The Morgan fingerprint density at radius 1 is 1.64 bits per heavy atom. The van der Waals surface area contributed by atoms with Gasteiger partial charge in [-0.05, 0) is 34.3 Å². The van der Waals surface area contributed by atoms with E-state index in [9.17, 15) is 0 Å². The van der Waals surface area contributed by atoms with Gasteiger partial charge >= 0.3 is 0 Å². The van der Waals surface area contributed by atoms with Crippen LogP contribution in [0.1, 0.15) is 13.3 Å². The fourth-order valence-electron chi connectivity index (χ4n) is 1.84. The molecule has 2 N–H and O–H groups in total. The highest BCUT2D eigenvalue weighted by Crippen LogP contribution is 2.28. The Kier molecular flexibility index (Phi) is 2.63. The van der Waals surface area contributed by atoms with E-state index < -0.39 is 0 Å². The van der Waals surface area contributed by atoms with Crippen molar-refractivity contribution in [1.82, 2.24) is 4.98 Å². The fraction of sp³-hybridized carbons (Fsp3) is 0.500. The molecule has 0 radical (unpaired) electrons. The van der Waals surface area contributed by atoms with Crippen LogP contribution in [0.2, 0.25) is 0 Å². The molecular formula is C10H14BrN3. The molecule has 3 nitrogen and oxygen atoms in total. The van der Waals surface area contributed by atoms with E-state index in [4.69, 9.17) is 5.73 Å². The monoisotopic (exact) mass is 255 g/mol. The number of hydrogen-bond donors (Lipinski definition) is 1. The summed E-state index contributed by atoms with van der Waals surface area (Å²) in [7, 11) is 0. The van der Waals surface area contributed by atoms with Gasteiger partial charge in [0.25, 0.3) is 0 Å². The van der Waals surface area contributed by atoms with E-state index in [1.807, 2.05) is 6.07 Å². The molecule has 2 heterocycles. The predicted octanol–water partition coefficient (Wildman–Crippen LogP) is 2.27. The van der Waals surface area contributed by atoms with E-state index in [0.717, 1.165) is 35.0 Å². The molecule has 0 aromatic carbocycles. The van der Waals surface area contributed by atoms with Crippen molar-refractivity contribution >= 4 is 27.4 Å². The SMILES string of the molecule is CC1CCN(c2ncc(Br)cc2N)C1. The largest absolute Gasteiger partial charge is 0.396 e. The van der Waals surface area contributed by atoms with Gasteiger partial charge in [-0.2, -0.15) is 0 Å². The summed E-state index contributed by atoms with van der Waals surface area (Å²) < 4.78 is 0.936. The van der Waals surface area contributed by atoms with Gasteiger partial charge in [-0.15, -0.1) is 0 Å². The predicted molar refractivity (Wildman–Crippen MR) is 62.3 cm³/mol. The highest BCUT2D eigenvalue weighted by atomic mass is 79.9. The Labute approximate surface area is 92.4 Å². The molecule has 1 atom stereocenters. The molecule has 1 saturated heterocycles. The average Bonchev–Trinajstić information content (AvgIpc) is 2.51. The van der Waals surface area contributed by atoms with E-state index >= 15 is 0 Å². The van der Waals surface area contributed by atoms with Crippen LogP contribution >= 0.6 is 15.9 Å². The lowest BCUT2D eigenvalue weighted by Crippen LogP contribution is -2.21. The topological polar surface area (TPSA) is 42.2 Å². The molecule has 4 heteroatoms. The molecule has 1 aromatic rings. The van der Waals surface area contributed by atoms with Crippen LogP contribution in [0, 0.1) is 5.92 Å².